The van der Waals surface area contributed by atoms with Crippen LogP contribution in [0, 0.1) is 5.92 Å². The average Bonchev–Trinajstić information content (AvgIpc) is 2.26. The Labute approximate surface area is 103 Å². The summed E-state index contributed by atoms with van der Waals surface area (Å²) < 4.78 is 5.58. The van der Waals surface area contributed by atoms with Crippen LogP contribution in [-0.2, 0) is 0 Å². The maximum Gasteiger partial charge on any atom is 0.171 e. The van der Waals surface area contributed by atoms with Crippen molar-refractivity contribution in [3.8, 4) is 5.75 Å². The Morgan fingerprint density at radius 3 is 2.82 bits per heavy atom. The Hall–Kier alpha value is -1.29. The van der Waals surface area contributed by atoms with Gasteiger partial charge in [0.2, 0.25) is 0 Å². The summed E-state index contributed by atoms with van der Waals surface area (Å²) in [6.07, 6.45) is 1.80. The van der Waals surface area contributed by atoms with E-state index in [1.807, 2.05) is 19.1 Å². The number of pyridine rings is 1. The smallest absolute Gasteiger partial charge is 0.171 e. The molecule has 0 amide bonds. The first-order chi connectivity index (χ1) is 8.07. The van der Waals surface area contributed by atoms with Crippen LogP contribution in [0.5, 0.6) is 5.75 Å². The fourth-order valence-electron chi connectivity index (χ4n) is 2.07. The van der Waals surface area contributed by atoms with Crippen molar-refractivity contribution in [2.75, 3.05) is 24.6 Å². The summed E-state index contributed by atoms with van der Waals surface area (Å²) in [5.74, 6) is 2.25. The van der Waals surface area contributed by atoms with Crippen molar-refractivity contribution >= 4 is 5.82 Å². The van der Waals surface area contributed by atoms with Gasteiger partial charge in [-0.3, -0.25) is 0 Å². The molecule has 2 N–H and O–H groups in total. The molecule has 2 rings (SSSR count). The number of nitrogens with zero attached hydrogens (tertiary/aromatic N) is 2. The molecule has 0 atom stereocenters. The molecular formula is C13H21N3O. The molecule has 0 bridgehead atoms. The van der Waals surface area contributed by atoms with Crippen LogP contribution >= 0.6 is 0 Å². The van der Waals surface area contributed by atoms with Gasteiger partial charge >= 0.3 is 0 Å². The SMILES string of the molecule is CCOc1cccnc1N1CC(N)(C(C)C)C1. The fraction of sp³-hybridized carbons (Fsp3) is 0.615. The van der Waals surface area contributed by atoms with Gasteiger partial charge in [-0.1, -0.05) is 13.8 Å². The fourth-order valence-corrected chi connectivity index (χ4v) is 2.07. The molecule has 0 aromatic carbocycles. The van der Waals surface area contributed by atoms with Crippen molar-refractivity contribution in [3.05, 3.63) is 18.3 Å². The van der Waals surface area contributed by atoms with E-state index in [1.54, 1.807) is 6.20 Å². The standard InChI is InChI=1S/C13H21N3O/c1-4-17-11-6-5-7-15-12(11)16-8-13(14,9-16)10(2)3/h5-7,10H,4,8-9,14H2,1-3H3. The highest BCUT2D eigenvalue weighted by Crippen LogP contribution is 2.34. The summed E-state index contributed by atoms with van der Waals surface area (Å²) in [5, 5.41) is 0. The van der Waals surface area contributed by atoms with Crippen molar-refractivity contribution < 1.29 is 4.74 Å². The molecule has 4 heteroatoms. The molecular weight excluding hydrogens is 214 g/mol. The normalized spacial score (nSPS) is 18.1. The average molecular weight is 235 g/mol. The van der Waals surface area contributed by atoms with Crippen LogP contribution in [0.25, 0.3) is 0 Å². The highest BCUT2D eigenvalue weighted by molar-refractivity contribution is 5.55. The lowest BCUT2D eigenvalue weighted by Crippen LogP contribution is -2.70. The van der Waals surface area contributed by atoms with Gasteiger partial charge in [0.05, 0.1) is 12.1 Å². The van der Waals surface area contributed by atoms with Gasteiger partial charge in [-0.05, 0) is 25.0 Å². The van der Waals surface area contributed by atoms with Crippen LogP contribution in [0.15, 0.2) is 18.3 Å². The number of hydrogen-bond donors (Lipinski definition) is 1. The van der Waals surface area contributed by atoms with Crippen molar-refractivity contribution in [2.45, 2.75) is 26.3 Å². The maximum atomic E-state index is 6.29. The zero-order valence-electron chi connectivity index (χ0n) is 10.8. The number of rotatable bonds is 4. The molecule has 1 aliphatic rings. The predicted octanol–water partition coefficient (Wildman–Crippen LogP) is 1.65. The van der Waals surface area contributed by atoms with Gasteiger partial charge < -0.3 is 15.4 Å². The topological polar surface area (TPSA) is 51.4 Å². The Kier molecular flexibility index (Phi) is 3.24. The molecule has 1 aromatic heterocycles. The lowest BCUT2D eigenvalue weighted by Gasteiger charge is -2.51. The monoisotopic (exact) mass is 235 g/mol. The minimum Gasteiger partial charge on any atom is -0.490 e. The van der Waals surface area contributed by atoms with Gasteiger partial charge in [-0.2, -0.15) is 0 Å². The van der Waals surface area contributed by atoms with E-state index in [1.165, 1.54) is 0 Å². The summed E-state index contributed by atoms with van der Waals surface area (Å²) in [6.45, 7) is 8.67. The zero-order valence-corrected chi connectivity index (χ0v) is 10.8. The highest BCUT2D eigenvalue weighted by atomic mass is 16.5. The van der Waals surface area contributed by atoms with E-state index in [0.29, 0.717) is 12.5 Å². The van der Waals surface area contributed by atoms with Crippen LogP contribution in [0.4, 0.5) is 5.82 Å². The van der Waals surface area contributed by atoms with Crippen LogP contribution in [0.3, 0.4) is 0 Å². The molecule has 4 nitrogen and oxygen atoms in total. The molecule has 0 spiro atoms. The van der Waals surface area contributed by atoms with E-state index in [9.17, 15) is 0 Å². The van der Waals surface area contributed by atoms with Crippen LogP contribution in [-0.4, -0.2) is 30.2 Å². The van der Waals surface area contributed by atoms with Crippen molar-refractivity contribution in [1.29, 1.82) is 0 Å². The second-order valence-electron chi connectivity index (χ2n) is 5.00. The van der Waals surface area contributed by atoms with Gasteiger partial charge in [-0.15, -0.1) is 0 Å². The predicted molar refractivity (Wildman–Crippen MR) is 69.4 cm³/mol. The Morgan fingerprint density at radius 1 is 1.53 bits per heavy atom. The molecule has 94 valence electrons. The van der Waals surface area contributed by atoms with Crippen LogP contribution in [0.2, 0.25) is 0 Å². The number of ether oxygens (including phenoxy) is 1. The van der Waals surface area contributed by atoms with E-state index in [4.69, 9.17) is 10.5 Å². The summed E-state index contributed by atoms with van der Waals surface area (Å²) in [7, 11) is 0. The third-order valence-electron chi connectivity index (χ3n) is 3.47. The summed E-state index contributed by atoms with van der Waals surface area (Å²) >= 11 is 0. The van der Waals surface area contributed by atoms with Gasteiger partial charge in [0, 0.05) is 19.3 Å². The van der Waals surface area contributed by atoms with Crippen molar-refractivity contribution in [2.24, 2.45) is 11.7 Å². The lowest BCUT2D eigenvalue weighted by atomic mass is 9.80. The third kappa shape index (κ3) is 2.22. The number of anilines is 1. The van der Waals surface area contributed by atoms with Crippen molar-refractivity contribution in [1.82, 2.24) is 4.98 Å². The minimum absolute atomic E-state index is 0.0823. The lowest BCUT2D eigenvalue weighted by molar-refractivity contribution is 0.240. The summed E-state index contributed by atoms with van der Waals surface area (Å²) in [6, 6.07) is 3.85. The van der Waals surface area contributed by atoms with Gasteiger partial charge in [-0.25, -0.2) is 4.98 Å². The number of nitrogens with two attached hydrogens (primary N) is 1. The second kappa shape index (κ2) is 4.53. The molecule has 0 radical (unpaired) electrons. The quantitative estimate of drug-likeness (QED) is 0.862. The first kappa shape index (κ1) is 12.2. The molecule has 1 aliphatic heterocycles. The summed E-state index contributed by atoms with van der Waals surface area (Å²) in [5.41, 5.74) is 6.20. The largest absolute Gasteiger partial charge is 0.490 e. The van der Waals surface area contributed by atoms with E-state index in [0.717, 1.165) is 24.7 Å². The first-order valence-corrected chi connectivity index (χ1v) is 6.18. The molecule has 1 fully saturated rings. The van der Waals surface area contributed by atoms with Crippen LogP contribution < -0.4 is 15.4 Å². The zero-order chi connectivity index (χ0) is 12.5. The van der Waals surface area contributed by atoms with E-state index < -0.39 is 0 Å². The van der Waals surface area contributed by atoms with Gasteiger partial charge in [0.25, 0.3) is 0 Å². The van der Waals surface area contributed by atoms with E-state index in [2.05, 4.69) is 23.7 Å². The Bertz CT molecular complexity index is 386. The highest BCUT2D eigenvalue weighted by Gasteiger charge is 2.43. The Morgan fingerprint density at radius 2 is 2.24 bits per heavy atom. The van der Waals surface area contributed by atoms with E-state index in [-0.39, 0.29) is 5.54 Å². The molecule has 0 unspecified atom stereocenters. The molecule has 0 saturated carbocycles. The molecule has 1 aromatic rings. The molecule has 2 heterocycles. The van der Waals surface area contributed by atoms with Crippen molar-refractivity contribution in [3.63, 3.8) is 0 Å². The van der Waals surface area contributed by atoms with Crippen LogP contribution in [0.1, 0.15) is 20.8 Å². The Balaban J connectivity index is 2.10. The molecule has 17 heavy (non-hydrogen) atoms. The van der Waals surface area contributed by atoms with E-state index >= 15 is 0 Å². The molecule has 1 saturated heterocycles. The molecule has 0 aliphatic carbocycles. The van der Waals surface area contributed by atoms with Gasteiger partial charge in [0.1, 0.15) is 0 Å². The summed E-state index contributed by atoms with van der Waals surface area (Å²) in [4.78, 5) is 6.58. The number of aromatic nitrogens is 1. The minimum atomic E-state index is -0.0823. The second-order valence-corrected chi connectivity index (χ2v) is 5.00. The number of hydrogen-bond acceptors (Lipinski definition) is 4. The maximum absolute atomic E-state index is 6.29. The van der Waals surface area contributed by atoms with Gasteiger partial charge in [0.15, 0.2) is 11.6 Å². The first-order valence-electron chi connectivity index (χ1n) is 6.18. The third-order valence-corrected chi connectivity index (χ3v) is 3.47.